The van der Waals surface area contributed by atoms with Crippen LogP contribution in [0.4, 0.5) is 4.39 Å². The lowest BCUT2D eigenvalue weighted by molar-refractivity contribution is 0.415. The third-order valence-corrected chi connectivity index (χ3v) is 4.01. The summed E-state index contributed by atoms with van der Waals surface area (Å²) in [4.78, 5) is 4.58. The number of hydrogen-bond acceptors (Lipinski definition) is 4. The zero-order chi connectivity index (χ0) is 12.5. The second-order valence-corrected chi connectivity index (χ2v) is 5.14. The lowest BCUT2D eigenvalue weighted by Crippen LogP contribution is -2.40. The zero-order valence-electron chi connectivity index (χ0n) is 9.94. The molecular weight excluding hydrogens is 251 g/mol. The van der Waals surface area contributed by atoms with Gasteiger partial charge in [-0.3, -0.25) is 0 Å². The number of halogens is 1. The van der Waals surface area contributed by atoms with E-state index in [2.05, 4.69) is 10.3 Å². The Morgan fingerprint density at radius 2 is 2.28 bits per heavy atom. The summed E-state index contributed by atoms with van der Waals surface area (Å²) >= 11 is 1.53. The summed E-state index contributed by atoms with van der Waals surface area (Å²) in [5.41, 5.74) is 1.81. The Bertz CT molecular complexity index is 566. The summed E-state index contributed by atoms with van der Waals surface area (Å²) < 4.78 is 18.6. The summed E-state index contributed by atoms with van der Waals surface area (Å²) in [7, 11) is 1.58. The van der Waals surface area contributed by atoms with Crippen molar-refractivity contribution in [2.24, 2.45) is 0 Å². The Balaban J connectivity index is 1.98. The van der Waals surface area contributed by atoms with Gasteiger partial charge in [0.1, 0.15) is 16.6 Å². The highest BCUT2D eigenvalue weighted by Crippen LogP contribution is 2.34. The fraction of sp³-hybridized carbons (Fsp3) is 0.308. The van der Waals surface area contributed by atoms with E-state index in [0.717, 1.165) is 29.4 Å². The minimum absolute atomic E-state index is 0.270. The Kier molecular flexibility index (Phi) is 3.01. The molecule has 1 N–H and O–H groups in total. The van der Waals surface area contributed by atoms with E-state index in [9.17, 15) is 4.39 Å². The average Bonchev–Trinajstić information content (AvgIpc) is 2.76. The second-order valence-electron chi connectivity index (χ2n) is 4.28. The topological polar surface area (TPSA) is 34.1 Å². The van der Waals surface area contributed by atoms with Crippen molar-refractivity contribution in [1.82, 2.24) is 10.3 Å². The Morgan fingerprint density at radius 1 is 1.44 bits per heavy atom. The van der Waals surface area contributed by atoms with Crippen LogP contribution in [0.3, 0.4) is 0 Å². The average molecular weight is 264 g/mol. The predicted molar refractivity (Wildman–Crippen MR) is 69.7 cm³/mol. The molecular formula is C13H13FN2OS. The molecule has 0 bridgehead atoms. The summed E-state index contributed by atoms with van der Waals surface area (Å²) in [6.45, 7) is 1.95. The summed E-state index contributed by atoms with van der Waals surface area (Å²) in [6, 6.07) is 4.50. The highest BCUT2D eigenvalue weighted by atomic mass is 32.1. The van der Waals surface area contributed by atoms with Crippen LogP contribution in [0.15, 0.2) is 23.6 Å². The van der Waals surface area contributed by atoms with Crippen LogP contribution in [-0.4, -0.2) is 25.2 Å². The van der Waals surface area contributed by atoms with Crippen LogP contribution < -0.4 is 10.1 Å². The van der Waals surface area contributed by atoms with Crippen molar-refractivity contribution >= 4 is 11.3 Å². The number of rotatable bonds is 3. The molecule has 0 saturated carbocycles. The molecule has 1 aliphatic heterocycles. The highest BCUT2D eigenvalue weighted by molar-refractivity contribution is 7.13. The van der Waals surface area contributed by atoms with Gasteiger partial charge in [0, 0.05) is 24.4 Å². The summed E-state index contributed by atoms with van der Waals surface area (Å²) in [6.07, 6.45) is 0. The van der Waals surface area contributed by atoms with Crippen LogP contribution in [0, 0.1) is 5.82 Å². The molecule has 94 valence electrons. The van der Waals surface area contributed by atoms with Gasteiger partial charge in [-0.05, 0) is 18.2 Å². The van der Waals surface area contributed by atoms with Crippen molar-refractivity contribution in [2.45, 2.75) is 5.92 Å². The smallest absolute Gasteiger partial charge is 0.129 e. The molecule has 0 aliphatic carbocycles. The molecule has 1 aliphatic rings. The van der Waals surface area contributed by atoms with Crippen LogP contribution in [-0.2, 0) is 0 Å². The normalized spacial score (nSPS) is 15.4. The number of aromatic nitrogens is 1. The Labute approximate surface area is 109 Å². The Hall–Kier alpha value is -1.46. The van der Waals surface area contributed by atoms with Gasteiger partial charge in [-0.2, -0.15) is 0 Å². The van der Waals surface area contributed by atoms with Crippen LogP contribution >= 0.6 is 11.3 Å². The maximum atomic E-state index is 13.3. The number of nitrogens with zero attached hydrogens (tertiary/aromatic N) is 1. The van der Waals surface area contributed by atoms with Gasteiger partial charge in [-0.1, -0.05) is 0 Å². The van der Waals surface area contributed by atoms with E-state index in [0.29, 0.717) is 11.7 Å². The molecule has 18 heavy (non-hydrogen) atoms. The van der Waals surface area contributed by atoms with E-state index < -0.39 is 0 Å². The summed E-state index contributed by atoms with van der Waals surface area (Å²) in [5, 5.41) is 6.08. The van der Waals surface area contributed by atoms with E-state index >= 15 is 0 Å². The fourth-order valence-corrected chi connectivity index (χ4v) is 2.86. The predicted octanol–water partition coefficient (Wildman–Crippen LogP) is 2.64. The molecule has 0 unspecified atom stereocenters. The quantitative estimate of drug-likeness (QED) is 0.925. The van der Waals surface area contributed by atoms with Gasteiger partial charge in [-0.15, -0.1) is 11.3 Å². The van der Waals surface area contributed by atoms with Crippen molar-refractivity contribution in [3.05, 3.63) is 35.1 Å². The summed E-state index contributed by atoms with van der Waals surface area (Å²) in [5.74, 6) is 0.881. The minimum Gasteiger partial charge on any atom is -0.496 e. The van der Waals surface area contributed by atoms with Gasteiger partial charge < -0.3 is 10.1 Å². The van der Waals surface area contributed by atoms with Crippen LogP contribution in [0.2, 0.25) is 0 Å². The molecule has 3 rings (SSSR count). The molecule has 1 saturated heterocycles. The molecule has 5 heteroatoms. The standard InChI is InChI=1S/C13H13FN2OS/c1-17-12-3-2-9(14)4-10(12)13-16-11(7-18-13)8-5-15-6-8/h2-4,7-8,15H,5-6H2,1H3. The molecule has 3 nitrogen and oxygen atoms in total. The van der Waals surface area contributed by atoms with E-state index in [-0.39, 0.29) is 5.82 Å². The van der Waals surface area contributed by atoms with Crippen molar-refractivity contribution in [2.75, 3.05) is 20.2 Å². The Morgan fingerprint density at radius 3 is 2.94 bits per heavy atom. The van der Waals surface area contributed by atoms with Crippen LogP contribution in [0.1, 0.15) is 11.6 Å². The van der Waals surface area contributed by atoms with Gasteiger partial charge in [0.15, 0.2) is 0 Å². The number of ether oxygens (including phenoxy) is 1. The van der Waals surface area contributed by atoms with Crippen LogP contribution in [0.25, 0.3) is 10.6 Å². The van der Waals surface area contributed by atoms with Crippen molar-refractivity contribution in [3.8, 4) is 16.3 Å². The van der Waals surface area contributed by atoms with Crippen LogP contribution in [0.5, 0.6) is 5.75 Å². The second kappa shape index (κ2) is 4.66. The number of nitrogens with one attached hydrogen (secondary N) is 1. The van der Waals surface area contributed by atoms with E-state index in [1.54, 1.807) is 13.2 Å². The van der Waals surface area contributed by atoms with Gasteiger partial charge >= 0.3 is 0 Å². The zero-order valence-corrected chi connectivity index (χ0v) is 10.8. The van der Waals surface area contributed by atoms with Crippen molar-refractivity contribution in [3.63, 3.8) is 0 Å². The number of hydrogen-bond donors (Lipinski definition) is 1. The molecule has 2 aromatic rings. The molecule has 1 fully saturated rings. The molecule has 1 aromatic carbocycles. The monoisotopic (exact) mass is 264 g/mol. The van der Waals surface area contributed by atoms with E-state index in [1.807, 2.05) is 5.38 Å². The largest absolute Gasteiger partial charge is 0.496 e. The number of benzene rings is 1. The third-order valence-electron chi connectivity index (χ3n) is 3.11. The lowest BCUT2D eigenvalue weighted by Gasteiger charge is -2.25. The van der Waals surface area contributed by atoms with Gasteiger partial charge in [0.25, 0.3) is 0 Å². The molecule has 0 amide bonds. The minimum atomic E-state index is -0.270. The number of thiazole rings is 1. The SMILES string of the molecule is COc1ccc(F)cc1-c1nc(C2CNC2)cs1. The molecule has 2 heterocycles. The number of methoxy groups -OCH3 is 1. The van der Waals surface area contributed by atoms with Gasteiger partial charge in [-0.25, -0.2) is 9.37 Å². The van der Waals surface area contributed by atoms with E-state index in [1.165, 1.54) is 23.5 Å². The first-order valence-corrected chi connectivity index (χ1v) is 6.66. The maximum absolute atomic E-state index is 13.3. The van der Waals surface area contributed by atoms with E-state index in [4.69, 9.17) is 4.74 Å². The van der Waals surface area contributed by atoms with Crippen molar-refractivity contribution < 1.29 is 9.13 Å². The highest BCUT2D eigenvalue weighted by Gasteiger charge is 2.22. The molecule has 1 aromatic heterocycles. The van der Waals surface area contributed by atoms with Crippen molar-refractivity contribution in [1.29, 1.82) is 0 Å². The first-order valence-electron chi connectivity index (χ1n) is 5.78. The van der Waals surface area contributed by atoms with Gasteiger partial charge in [0.2, 0.25) is 0 Å². The fourth-order valence-electron chi connectivity index (χ4n) is 1.94. The molecule has 0 radical (unpaired) electrons. The lowest BCUT2D eigenvalue weighted by atomic mass is 10.0. The third kappa shape index (κ3) is 2.00. The molecule has 0 atom stereocenters. The maximum Gasteiger partial charge on any atom is 0.129 e. The first kappa shape index (κ1) is 11.6. The first-order chi connectivity index (χ1) is 8.78. The van der Waals surface area contributed by atoms with Gasteiger partial charge in [0.05, 0.1) is 18.4 Å². The molecule has 0 spiro atoms.